The van der Waals surface area contributed by atoms with E-state index in [1.54, 1.807) is 6.08 Å². The summed E-state index contributed by atoms with van der Waals surface area (Å²) in [4.78, 5) is 4.82. The summed E-state index contributed by atoms with van der Waals surface area (Å²) in [5, 5.41) is 11.1. The largest absolute Gasteiger partial charge is 0.384 e. The lowest BCUT2D eigenvalue weighted by atomic mass is 9.83. The van der Waals surface area contributed by atoms with Gasteiger partial charge in [0.05, 0.1) is 11.6 Å². The van der Waals surface area contributed by atoms with Crippen LogP contribution in [0, 0.1) is 16.7 Å². The number of nitrogens with zero attached hydrogens (tertiary/aromatic N) is 1. The third-order valence-corrected chi connectivity index (χ3v) is 3.98. The van der Waals surface area contributed by atoms with Crippen LogP contribution in [0.5, 0.6) is 0 Å². The smallest absolute Gasteiger partial charge is 0.136 e. The molecule has 0 saturated heterocycles. The highest BCUT2D eigenvalue weighted by Crippen LogP contribution is 2.28. The van der Waals surface area contributed by atoms with Crippen molar-refractivity contribution in [2.24, 2.45) is 22.1 Å². The molecule has 0 saturated carbocycles. The third-order valence-electron chi connectivity index (χ3n) is 3.98. The van der Waals surface area contributed by atoms with E-state index in [1.807, 2.05) is 6.08 Å². The molecule has 0 aromatic heterocycles. The fourth-order valence-electron chi connectivity index (χ4n) is 2.48. The van der Waals surface area contributed by atoms with Crippen LogP contribution in [0.4, 0.5) is 0 Å². The standard InChI is InChI=1S/C20H32N4/c1-7-9-10-14(3)13-15(8-2)23-19-16(18(21)22)11-12-17(24-19)20(4,5)6/h8-11,13-14,17H,2,7,12H2,1,3-6H3,(H3,21,22)(H,23,24)/b10-9-,15-13?. The van der Waals surface area contributed by atoms with Gasteiger partial charge in [0.25, 0.3) is 0 Å². The van der Waals surface area contributed by atoms with Gasteiger partial charge in [-0.3, -0.25) is 10.4 Å². The van der Waals surface area contributed by atoms with Gasteiger partial charge in [0.15, 0.2) is 0 Å². The summed E-state index contributed by atoms with van der Waals surface area (Å²) in [6.07, 6.45) is 12.0. The average molecular weight is 329 g/mol. The molecule has 0 aromatic rings. The molecular formula is C20H32N4. The maximum Gasteiger partial charge on any atom is 0.136 e. The van der Waals surface area contributed by atoms with Crippen molar-refractivity contribution >= 4 is 11.7 Å². The first kappa shape index (κ1) is 19.9. The predicted molar refractivity (Wildman–Crippen MR) is 105 cm³/mol. The molecule has 4 N–H and O–H groups in total. The summed E-state index contributed by atoms with van der Waals surface area (Å²) in [7, 11) is 0. The number of dihydropyridines is 1. The van der Waals surface area contributed by atoms with E-state index in [9.17, 15) is 0 Å². The second kappa shape index (κ2) is 8.67. The van der Waals surface area contributed by atoms with Crippen LogP contribution in [0.25, 0.3) is 0 Å². The van der Waals surface area contributed by atoms with E-state index in [0.29, 0.717) is 11.4 Å². The fraction of sp³-hybridized carbons (Fsp3) is 0.500. The Balaban J connectivity index is 3.08. The monoisotopic (exact) mass is 328 g/mol. The molecule has 2 atom stereocenters. The van der Waals surface area contributed by atoms with Gasteiger partial charge < -0.3 is 11.1 Å². The normalized spacial score (nSPS) is 20.4. The van der Waals surface area contributed by atoms with Gasteiger partial charge in [0.2, 0.25) is 0 Å². The zero-order valence-electron chi connectivity index (χ0n) is 15.7. The first-order chi connectivity index (χ1) is 11.2. The van der Waals surface area contributed by atoms with Crippen molar-refractivity contribution in [2.45, 2.75) is 53.5 Å². The van der Waals surface area contributed by atoms with E-state index < -0.39 is 0 Å². The average Bonchev–Trinajstić information content (AvgIpc) is 2.51. The Morgan fingerprint density at radius 1 is 1.54 bits per heavy atom. The number of allylic oxidation sites excluding steroid dienone is 4. The molecule has 0 fully saturated rings. The Bertz CT molecular complexity index is 585. The lowest BCUT2D eigenvalue weighted by Gasteiger charge is -2.31. The summed E-state index contributed by atoms with van der Waals surface area (Å²) < 4.78 is 0. The molecule has 132 valence electrons. The molecule has 1 aliphatic heterocycles. The minimum atomic E-state index is 0.0379. The van der Waals surface area contributed by atoms with Gasteiger partial charge in [-0.05, 0) is 30.3 Å². The van der Waals surface area contributed by atoms with Crippen LogP contribution in [0.1, 0.15) is 47.5 Å². The van der Waals surface area contributed by atoms with Crippen LogP contribution in [-0.4, -0.2) is 17.7 Å². The summed E-state index contributed by atoms with van der Waals surface area (Å²) in [6.45, 7) is 14.6. The molecule has 0 amide bonds. The topological polar surface area (TPSA) is 74.3 Å². The second-order valence-electron chi connectivity index (χ2n) is 7.27. The molecule has 2 unspecified atom stereocenters. The number of hydrogen-bond acceptors (Lipinski definition) is 3. The van der Waals surface area contributed by atoms with E-state index >= 15 is 0 Å². The molecule has 1 rings (SSSR count). The third kappa shape index (κ3) is 5.84. The minimum absolute atomic E-state index is 0.0379. The van der Waals surface area contributed by atoms with Crippen molar-refractivity contribution in [3.63, 3.8) is 0 Å². The fourth-order valence-corrected chi connectivity index (χ4v) is 2.48. The molecule has 0 aliphatic carbocycles. The SMILES string of the molecule is C=CC(=CC(C)/C=C\CC)NC1=NC(C(C)(C)C)CC=C1C(=N)N. The number of amidine groups is 2. The lowest BCUT2D eigenvalue weighted by Crippen LogP contribution is -2.37. The van der Waals surface area contributed by atoms with E-state index in [2.05, 4.69) is 64.7 Å². The van der Waals surface area contributed by atoms with Crippen LogP contribution in [0.3, 0.4) is 0 Å². The highest BCUT2D eigenvalue weighted by atomic mass is 15.0. The minimum Gasteiger partial charge on any atom is -0.384 e. The van der Waals surface area contributed by atoms with Crippen molar-refractivity contribution in [3.8, 4) is 0 Å². The van der Waals surface area contributed by atoms with Gasteiger partial charge in [-0.2, -0.15) is 0 Å². The van der Waals surface area contributed by atoms with Crippen molar-refractivity contribution in [1.29, 1.82) is 5.41 Å². The number of nitrogens with one attached hydrogen (secondary N) is 2. The van der Waals surface area contributed by atoms with Crippen LogP contribution in [-0.2, 0) is 0 Å². The van der Waals surface area contributed by atoms with E-state index in [1.165, 1.54) is 0 Å². The van der Waals surface area contributed by atoms with Gasteiger partial charge in [-0.25, -0.2) is 0 Å². The van der Waals surface area contributed by atoms with Gasteiger partial charge in [-0.15, -0.1) is 0 Å². The number of nitrogens with two attached hydrogens (primary N) is 1. The van der Waals surface area contributed by atoms with Crippen molar-refractivity contribution < 1.29 is 0 Å². The molecule has 1 aliphatic rings. The molecule has 1 heterocycles. The van der Waals surface area contributed by atoms with Gasteiger partial charge in [0.1, 0.15) is 11.7 Å². The lowest BCUT2D eigenvalue weighted by molar-refractivity contribution is 0.322. The molecule has 0 radical (unpaired) electrons. The zero-order valence-corrected chi connectivity index (χ0v) is 15.7. The summed E-state index contributed by atoms with van der Waals surface area (Å²) >= 11 is 0. The molecule has 4 nitrogen and oxygen atoms in total. The molecule has 0 bridgehead atoms. The van der Waals surface area contributed by atoms with E-state index in [4.69, 9.17) is 16.1 Å². The quantitative estimate of drug-likeness (QED) is 0.294. The first-order valence-electron chi connectivity index (χ1n) is 8.59. The van der Waals surface area contributed by atoms with Crippen molar-refractivity contribution in [3.05, 3.63) is 48.2 Å². The first-order valence-corrected chi connectivity index (χ1v) is 8.59. The summed E-state index contributed by atoms with van der Waals surface area (Å²) in [5.74, 6) is 0.986. The van der Waals surface area contributed by atoms with E-state index in [0.717, 1.165) is 18.5 Å². The van der Waals surface area contributed by atoms with Crippen LogP contribution < -0.4 is 11.1 Å². The van der Waals surface area contributed by atoms with E-state index in [-0.39, 0.29) is 23.2 Å². The molecule has 4 heteroatoms. The zero-order chi connectivity index (χ0) is 18.3. The molecule has 0 aromatic carbocycles. The number of rotatable bonds is 6. The molecule has 0 spiro atoms. The van der Waals surface area contributed by atoms with Crippen molar-refractivity contribution in [1.82, 2.24) is 5.32 Å². The molecular weight excluding hydrogens is 296 g/mol. The Morgan fingerprint density at radius 3 is 2.71 bits per heavy atom. The Hall–Kier alpha value is -2.10. The maximum absolute atomic E-state index is 7.81. The van der Waals surface area contributed by atoms with Crippen molar-refractivity contribution in [2.75, 3.05) is 0 Å². The highest BCUT2D eigenvalue weighted by molar-refractivity contribution is 6.22. The number of hydrogen-bond donors (Lipinski definition) is 3. The highest BCUT2D eigenvalue weighted by Gasteiger charge is 2.28. The maximum atomic E-state index is 7.81. The Kier molecular flexibility index (Phi) is 7.20. The van der Waals surface area contributed by atoms with Crippen LogP contribution in [0.15, 0.2) is 53.2 Å². The Morgan fingerprint density at radius 2 is 2.21 bits per heavy atom. The summed E-state index contributed by atoms with van der Waals surface area (Å²) in [6, 6.07) is 0.159. The number of aliphatic imine (C=N–C) groups is 1. The van der Waals surface area contributed by atoms with Crippen LogP contribution in [0.2, 0.25) is 0 Å². The van der Waals surface area contributed by atoms with Gasteiger partial charge in [0, 0.05) is 5.70 Å². The molecule has 24 heavy (non-hydrogen) atoms. The Labute approximate surface area is 146 Å². The second-order valence-corrected chi connectivity index (χ2v) is 7.27. The van der Waals surface area contributed by atoms with Crippen LogP contribution >= 0.6 is 0 Å². The predicted octanol–water partition coefficient (Wildman–Crippen LogP) is 4.33. The summed E-state index contributed by atoms with van der Waals surface area (Å²) in [5.41, 5.74) is 7.34. The van der Waals surface area contributed by atoms with Gasteiger partial charge in [-0.1, -0.05) is 65.5 Å². The van der Waals surface area contributed by atoms with Gasteiger partial charge >= 0.3 is 0 Å².